The Labute approximate surface area is 179 Å². The highest BCUT2D eigenvalue weighted by Crippen LogP contribution is 2.04. The van der Waals surface area contributed by atoms with E-state index in [4.69, 9.17) is 0 Å². The fourth-order valence-electron chi connectivity index (χ4n) is 2.96. The number of aldehydes is 1. The molecule has 0 saturated carbocycles. The predicted octanol–water partition coefficient (Wildman–Crippen LogP) is 5.65. The Bertz CT molecular complexity index is 469. The van der Waals surface area contributed by atoms with Crippen LogP contribution in [0.3, 0.4) is 0 Å². The molecule has 2 N–H and O–H groups in total. The number of nitrogens with one attached hydrogen (secondary N) is 2. The van der Waals surface area contributed by atoms with Crippen LogP contribution in [0.1, 0.15) is 90.4 Å². The first-order valence-electron chi connectivity index (χ1n) is 11.6. The average Bonchev–Trinajstić information content (AvgIpc) is 2.73. The van der Waals surface area contributed by atoms with E-state index in [0.29, 0.717) is 6.42 Å². The molecule has 0 rings (SSSR count). The summed E-state index contributed by atoms with van der Waals surface area (Å²) in [5.41, 5.74) is 0. The number of amides is 1. The predicted molar refractivity (Wildman–Crippen MR) is 125 cm³/mol. The summed E-state index contributed by atoms with van der Waals surface area (Å²) in [6, 6.07) is -0.336. The van der Waals surface area contributed by atoms with Gasteiger partial charge in [0.1, 0.15) is 6.29 Å². The molecule has 0 unspecified atom stereocenters. The highest BCUT2D eigenvalue weighted by atomic mass is 16.2. The number of carbonyl (C=O) groups is 2. The smallest absolute Gasteiger partial charge is 0.220 e. The molecule has 0 heterocycles. The second-order valence-electron chi connectivity index (χ2n) is 7.54. The summed E-state index contributed by atoms with van der Waals surface area (Å²) in [4.78, 5) is 23.0. The number of allylic oxidation sites excluding steroid dienone is 6. The number of unbranched alkanes of at least 4 members (excludes halogenated alkanes) is 6. The average molecular weight is 405 g/mol. The van der Waals surface area contributed by atoms with Crippen molar-refractivity contribution >= 4 is 12.2 Å². The maximum absolute atomic E-state index is 11.9. The van der Waals surface area contributed by atoms with E-state index < -0.39 is 0 Å². The standard InChI is InChI=1S/C25H44N2O2/c1-3-4-5-6-7-8-9-10-11-12-13-14-15-16-17-21-25(29)27-24(23-28)20-18-19-22-26-2/h7-8,10-11,13-14,23-24,26H,3-6,9,12,15-22H2,1-2H3,(H,27,29)/b8-7-,11-10-,14-13-/t24-/m0/s1. The Morgan fingerprint density at radius 1 is 0.828 bits per heavy atom. The van der Waals surface area contributed by atoms with Crippen molar-refractivity contribution in [3.63, 3.8) is 0 Å². The largest absolute Gasteiger partial charge is 0.347 e. The van der Waals surface area contributed by atoms with E-state index in [2.05, 4.69) is 54.0 Å². The van der Waals surface area contributed by atoms with Gasteiger partial charge in [-0.25, -0.2) is 0 Å². The lowest BCUT2D eigenvalue weighted by Gasteiger charge is -2.12. The Morgan fingerprint density at radius 2 is 1.45 bits per heavy atom. The molecule has 0 fully saturated rings. The van der Waals surface area contributed by atoms with E-state index >= 15 is 0 Å². The van der Waals surface area contributed by atoms with Crippen molar-refractivity contribution in [2.24, 2.45) is 0 Å². The lowest BCUT2D eigenvalue weighted by atomic mass is 10.1. The highest BCUT2D eigenvalue weighted by Gasteiger charge is 2.10. The van der Waals surface area contributed by atoms with Crippen molar-refractivity contribution in [2.75, 3.05) is 13.6 Å². The maximum atomic E-state index is 11.9. The van der Waals surface area contributed by atoms with Crippen LogP contribution in [0.15, 0.2) is 36.5 Å². The molecule has 1 amide bonds. The van der Waals surface area contributed by atoms with Crippen molar-refractivity contribution in [1.82, 2.24) is 10.6 Å². The second-order valence-corrected chi connectivity index (χ2v) is 7.54. The quantitative estimate of drug-likeness (QED) is 0.157. The Kier molecular flexibility index (Phi) is 21.3. The summed E-state index contributed by atoms with van der Waals surface area (Å²) < 4.78 is 0. The molecule has 0 bridgehead atoms. The summed E-state index contributed by atoms with van der Waals surface area (Å²) in [7, 11) is 1.92. The van der Waals surface area contributed by atoms with Gasteiger partial charge in [0.2, 0.25) is 5.91 Å². The molecule has 0 radical (unpaired) electrons. The van der Waals surface area contributed by atoms with Gasteiger partial charge in [-0.3, -0.25) is 4.79 Å². The lowest BCUT2D eigenvalue weighted by molar-refractivity contribution is -0.124. The fraction of sp³-hybridized carbons (Fsp3) is 0.680. The summed E-state index contributed by atoms with van der Waals surface area (Å²) in [5.74, 6) is -0.00891. The molecule has 0 aliphatic rings. The van der Waals surface area contributed by atoms with Gasteiger partial charge in [0.25, 0.3) is 0 Å². The van der Waals surface area contributed by atoms with Crippen molar-refractivity contribution < 1.29 is 9.59 Å². The maximum Gasteiger partial charge on any atom is 0.220 e. The molecule has 0 aliphatic carbocycles. The molecule has 166 valence electrons. The van der Waals surface area contributed by atoms with Crippen molar-refractivity contribution in [3.05, 3.63) is 36.5 Å². The number of carbonyl (C=O) groups excluding carboxylic acids is 2. The summed E-state index contributed by atoms with van der Waals surface area (Å²) in [5, 5.41) is 5.92. The number of hydrogen-bond donors (Lipinski definition) is 2. The van der Waals surface area contributed by atoms with E-state index in [1.54, 1.807) is 0 Å². The van der Waals surface area contributed by atoms with E-state index in [1.165, 1.54) is 25.7 Å². The van der Waals surface area contributed by atoms with E-state index in [9.17, 15) is 9.59 Å². The third-order valence-electron chi connectivity index (χ3n) is 4.75. The first-order valence-corrected chi connectivity index (χ1v) is 11.6. The minimum Gasteiger partial charge on any atom is -0.347 e. The molecule has 0 aromatic heterocycles. The van der Waals surface area contributed by atoms with Crippen LogP contribution in [0.25, 0.3) is 0 Å². The third-order valence-corrected chi connectivity index (χ3v) is 4.75. The van der Waals surface area contributed by atoms with Crippen LogP contribution in [0, 0.1) is 0 Å². The van der Waals surface area contributed by atoms with Gasteiger partial charge in [0.15, 0.2) is 0 Å². The van der Waals surface area contributed by atoms with E-state index in [-0.39, 0.29) is 11.9 Å². The first-order chi connectivity index (χ1) is 14.2. The molecular weight excluding hydrogens is 360 g/mol. The van der Waals surface area contributed by atoms with Crippen LogP contribution in [0.5, 0.6) is 0 Å². The minimum atomic E-state index is -0.336. The van der Waals surface area contributed by atoms with Gasteiger partial charge in [-0.15, -0.1) is 0 Å². The minimum absolute atomic E-state index is 0.00891. The van der Waals surface area contributed by atoms with Crippen molar-refractivity contribution in [2.45, 2.75) is 96.4 Å². The van der Waals surface area contributed by atoms with Gasteiger partial charge in [-0.05, 0) is 77.8 Å². The highest BCUT2D eigenvalue weighted by molar-refractivity contribution is 5.79. The molecule has 29 heavy (non-hydrogen) atoms. The SMILES string of the molecule is CCCCC/C=C\C/C=C\C/C=C\CCCCC(=O)N[C@H](C=O)CCCCNC. The molecule has 0 spiro atoms. The first kappa shape index (κ1) is 27.3. The molecule has 1 atom stereocenters. The van der Waals surface area contributed by atoms with Crippen molar-refractivity contribution in [1.29, 1.82) is 0 Å². The van der Waals surface area contributed by atoms with Crippen molar-refractivity contribution in [3.8, 4) is 0 Å². The monoisotopic (exact) mass is 404 g/mol. The zero-order valence-corrected chi connectivity index (χ0v) is 18.8. The Balaban J connectivity index is 3.60. The van der Waals surface area contributed by atoms with Gasteiger partial charge in [-0.1, -0.05) is 56.2 Å². The van der Waals surface area contributed by atoms with Crippen LogP contribution >= 0.6 is 0 Å². The summed E-state index contributed by atoms with van der Waals surface area (Å²) >= 11 is 0. The molecule has 0 saturated heterocycles. The topological polar surface area (TPSA) is 58.2 Å². The summed E-state index contributed by atoms with van der Waals surface area (Å²) in [6.07, 6.45) is 27.3. The van der Waals surface area contributed by atoms with Crippen LogP contribution in [-0.2, 0) is 9.59 Å². The number of rotatable bonds is 20. The molecule has 0 aromatic rings. The third kappa shape index (κ3) is 20.9. The lowest BCUT2D eigenvalue weighted by Crippen LogP contribution is -2.35. The molecule has 0 aromatic carbocycles. The van der Waals surface area contributed by atoms with Gasteiger partial charge in [0.05, 0.1) is 6.04 Å². The fourth-order valence-corrected chi connectivity index (χ4v) is 2.96. The normalized spacial score (nSPS) is 12.9. The van der Waals surface area contributed by atoms with Gasteiger partial charge in [-0.2, -0.15) is 0 Å². The summed E-state index contributed by atoms with van der Waals surface area (Å²) in [6.45, 7) is 3.18. The zero-order valence-electron chi connectivity index (χ0n) is 18.8. The van der Waals surface area contributed by atoms with Crippen LogP contribution in [0.2, 0.25) is 0 Å². The van der Waals surface area contributed by atoms with Crippen LogP contribution < -0.4 is 10.6 Å². The van der Waals surface area contributed by atoms with E-state index in [0.717, 1.165) is 64.2 Å². The molecule has 0 aliphatic heterocycles. The molecular formula is C25H44N2O2. The Morgan fingerprint density at radius 3 is 2.03 bits per heavy atom. The van der Waals surface area contributed by atoms with Gasteiger partial charge in [0, 0.05) is 6.42 Å². The van der Waals surface area contributed by atoms with Crippen LogP contribution in [-0.4, -0.2) is 31.8 Å². The molecule has 4 heteroatoms. The van der Waals surface area contributed by atoms with E-state index in [1.807, 2.05) is 7.05 Å². The molecule has 4 nitrogen and oxygen atoms in total. The Hall–Kier alpha value is -1.68. The second kappa shape index (κ2) is 22.6. The van der Waals surface area contributed by atoms with Gasteiger partial charge < -0.3 is 15.4 Å². The zero-order chi connectivity index (χ0) is 21.4. The van der Waals surface area contributed by atoms with Crippen LogP contribution in [0.4, 0.5) is 0 Å². The van der Waals surface area contributed by atoms with Gasteiger partial charge >= 0.3 is 0 Å². The number of hydrogen-bond acceptors (Lipinski definition) is 3.